The van der Waals surface area contributed by atoms with Gasteiger partial charge in [-0.05, 0) is 12.1 Å². The third-order valence-corrected chi connectivity index (χ3v) is 5.69. The van der Waals surface area contributed by atoms with E-state index in [1.807, 2.05) is 32.2 Å². The molecule has 0 saturated heterocycles. The quantitative estimate of drug-likeness (QED) is 0.0536. The van der Waals surface area contributed by atoms with Gasteiger partial charge >= 0.3 is 103 Å². The van der Waals surface area contributed by atoms with Crippen molar-refractivity contribution in [3.05, 3.63) is 66.4 Å². The number of rotatable bonds is 6. The minimum absolute atomic E-state index is 0. The maximum absolute atomic E-state index is 8.64. The Hall–Kier alpha value is -1.75. The van der Waals surface area contributed by atoms with Gasteiger partial charge in [-0.2, -0.15) is 5.10 Å². The normalized spacial score (nSPS) is 9.53. The fourth-order valence-corrected chi connectivity index (χ4v) is 3.68. The van der Waals surface area contributed by atoms with Crippen molar-refractivity contribution >= 4 is 39.9 Å². The summed E-state index contributed by atoms with van der Waals surface area (Å²) in [4.78, 5) is 33.8. The molecule has 0 aliphatic heterocycles. The fraction of sp³-hybridized carbons (Fsp3) is 0.240. The number of hydrogen-bond acceptors (Lipinski definition) is 11. The largest absolute Gasteiger partial charge is 1.00 e. The number of methoxy groups -OCH3 is 2. The molecule has 0 atom stereocenters. The standard InChI is InChI=1S/C12H13N5O.C8H7ClN2O.C4H7N3.CH2O3.2K.H/c1-3-10-15-7-17(16-10)12-11-8(4-5-13-11)9(18-2)6-14-12;1-12-6-4-11-8(9)7-5(6)2-3-10-7;1-2-4-5-3-6-7-4;2-1-4-3;;;/h4-7,13H,3H2,1-2H3;2-4,10H,1H3;3H,2H2,1H3,(H,5,6,7);1,3H;;;/q;;;;2*+1;-1/p-1. The molecule has 6 heterocycles. The van der Waals surface area contributed by atoms with Gasteiger partial charge in [0, 0.05) is 36.0 Å². The number of fused-ring (bicyclic) bond motifs is 2. The maximum atomic E-state index is 8.64. The molecule has 0 aromatic carbocycles. The van der Waals surface area contributed by atoms with Crippen LogP contribution in [0.2, 0.25) is 5.15 Å². The summed E-state index contributed by atoms with van der Waals surface area (Å²) in [5, 5.41) is 21.6. The first-order valence-electron chi connectivity index (χ1n) is 12.1. The zero-order chi connectivity index (χ0) is 29.6. The molecule has 0 spiro atoms. The predicted molar refractivity (Wildman–Crippen MR) is 149 cm³/mol. The van der Waals surface area contributed by atoms with Gasteiger partial charge in [0.05, 0.1) is 37.6 Å². The summed E-state index contributed by atoms with van der Waals surface area (Å²) in [6.45, 7) is 3.87. The van der Waals surface area contributed by atoms with Gasteiger partial charge < -0.3 is 31.0 Å². The Kier molecular flexibility index (Phi) is 19.2. The summed E-state index contributed by atoms with van der Waals surface area (Å²) in [6, 6.07) is 3.86. The molecule has 0 aliphatic rings. The molecule has 6 aromatic heterocycles. The van der Waals surface area contributed by atoms with E-state index in [2.05, 4.69) is 50.1 Å². The van der Waals surface area contributed by atoms with E-state index in [9.17, 15) is 0 Å². The van der Waals surface area contributed by atoms with E-state index in [1.54, 1.807) is 43.8 Å². The van der Waals surface area contributed by atoms with E-state index in [4.69, 9.17) is 31.1 Å². The topological polar surface area (TPSA) is 197 Å². The van der Waals surface area contributed by atoms with Crippen LogP contribution < -0.4 is 118 Å². The number of nitrogens with zero attached hydrogens (tertiary/aromatic N) is 7. The minimum Gasteiger partial charge on any atom is -1.00 e. The third-order valence-electron chi connectivity index (χ3n) is 5.41. The van der Waals surface area contributed by atoms with Gasteiger partial charge in [-0.1, -0.05) is 25.4 Å². The summed E-state index contributed by atoms with van der Waals surface area (Å²) >= 11 is 5.83. The van der Waals surface area contributed by atoms with Crippen LogP contribution in [0.15, 0.2) is 49.6 Å². The number of aromatic amines is 3. The molecule has 18 heteroatoms. The van der Waals surface area contributed by atoms with E-state index >= 15 is 0 Å². The molecule has 0 fully saturated rings. The first kappa shape index (κ1) is 39.3. The Balaban J connectivity index is 0.000000619. The minimum atomic E-state index is -0.181. The Morgan fingerprint density at radius 2 is 1.56 bits per heavy atom. The number of carbonyl (C=O) groups is 1. The second kappa shape index (κ2) is 21.1. The molecule has 0 amide bonds. The average Bonchev–Trinajstić information content (AvgIpc) is 3.84. The van der Waals surface area contributed by atoms with Crippen LogP contribution in [0.1, 0.15) is 26.9 Å². The number of halogens is 1. The Morgan fingerprint density at radius 1 is 0.953 bits per heavy atom. The van der Waals surface area contributed by atoms with Gasteiger partial charge in [-0.3, -0.25) is 9.89 Å². The van der Waals surface area contributed by atoms with Gasteiger partial charge in [0.15, 0.2) is 16.8 Å². The maximum Gasteiger partial charge on any atom is 1.00 e. The molecule has 218 valence electrons. The number of hydrogen-bond donors (Lipinski definition) is 3. The molecule has 6 rings (SSSR count). The molecule has 15 nitrogen and oxygen atoms in total. The SMILES string of the molecule is CCc1ncn(-c2ncc(OC)c3cc[nH]c23)n1.CCc1ncn[nH]1.COc1cnc(Cl)c2[nH]ccc12.O=CO[O-].[H-].[K+].[K+]. The number of carbonyl (C=O) groups excluding carboxylic acids is 1. The Labute approximate surface area is 338 Å². The van der Waals surface area contributed by atoms with E-state index in [0.717, 1.165) is 63.6 Å². The molecular formula is C25H29ClK2N10O5. The van der Waals surface area contributed by atoms with E-state index in [-0.39, 0.29) is 111 Å². The molecule has 0 unspecified atom stereocenters. The van der Waals surface area contributed by atoms with E-state index in [1.165, 1.54) is 6.33 Å². The molecule has 0 aliphatic carbocycles. The second-order valence-corrected chi connectivity index (χ2v) is 8.10. The number of nitrogens with one attached hydrogen (secondary N) is 3. The zero-order valence-electron chi connectivity index (χ0n) is 25.7. The van der Waals surface area contributed by atoms with E-state index < -0.39 is 0 Å². The predicted octanol–water partition coefficient (Wildman–Crippen LogP) is -3.14. The van der Waals surface area contributed by atoms with Gasteiger partial charge in [-0.25, -0.2) is 24.6 Å². The number of ether oxygens (including phenoxy) is 2. The number of aromatic nitrogens is 10. The third kappa shape index (κ3) is 11.0. The fourth-order valence-electron chi connectivity index (χ4n) is 3.47. The molecule has 3 N–H and O–H groups in total. The van der Waals surface area contributed by atoms with Crippen molar-refractivity contribution in [2.24, 2.45) is 0 Å². The molecule has 43 heavy (non-hydrogen) atoms. The van der Waals surface area contributed by atoms with E-state index in [0.29, 0.717) is 5.15 Å². The van der Waals surface area contributed by atoms with Crippen LogP contribution in [0.5, 0.6) is 11.5 Å². The van der Waals surface area contributed by atoms with Crippen molar-refractivity contribution in [1.82, 2.24) is 49.9 Å². The second-order valence-electron chi connectivity index (χ2n) is 7.74. The van der Waals surface area contributed by atoms with Crippen LogP contribution in [0, 0.1) is 0 Å². The van der Waals surface area contributed by atoms with Crippen molar-refractivity contribution in [2.75, 3.05) is 14.2 Å². The van der Waals surface area contributed by atoms with Crippen molar-refractivity contribution in [3.63, 3.8) is 0 Å². The molecule has 6 aromatic rings. The van der Waals surface area contributed by atoms with Gasteiger partial charge in [-0.15, -0.1) is 5.10 Å². The summed E-state index contributed by atoms with van der Waals surface area (Å²) in [5.41, 5.74) is 1.71. The smallest absolute Gasteiger partial charge is 1.00 e. The van der Waals surface area contributed by atoms with Crippen molar-refractivity contribution in [2.45, 2.75) is 26.7 Å². The van der Waals surface area contributed by atoms with Crippen molar-refractivity contribution in [1.29, 1.82) is 0 Å². The number of aryl methyl sites for hydroxylation is 2. The zero-order valence-corrected chi connectivity index (χ0v) is 31.7. The molecule has 0 radical (unpaired) electrons. The van der Waals surface area contributed by atoms with Crippen LogP contribution in [0.4, 0.5) is 0 Å². The average molecular weight is 663 g/mol. The first-order chi connectivity index (χ1) is 20.0. The molecule has 0 saturated carbocycles. The van der Waals surface area contributed by atoms with Crippen LogP contribution in [-0.4, -0.2) is 70.6 Å². The summed E-state index contributed by atoms with van der Waals surface area (Å²) < 4.78 is 12.1. The number of H-pyrrole nitrogens is 3. The van der Waals surface area contributed by atoms with Gasteiger partial charge in [0.2, 0.25) is 0 Å². The summed E-state index contributed by atoms with van der Waals surface area (Å²) in [7, 11) is 3.24. The molecular weight excluding hydrogens is 634 g/mol. The summed E-state index contributed by atoms with van der Waals surface area (Å²) in [6.07, 6.45) is 11.9. The van der Waals surface area contributed by atoms with Crippen LogP contribution in [0.3, 0.4) is 0 Å². The monoisotopic (exact) mass is 662 g/mol. The summed E-state index contributed by atoms with van der Waals surface area (Å²) in [5.74, 6) is 3.94. The molecule has 0 bridgehead atoms. The van der Waals surface area contributed by atoms with Gasteiger partial charge in [0.1, 0.15) is 30.0 Å². The van der Waals surface area contributed by atoms with Crippen molar-refractivity contribution in [3.8, 4) is 17.3 Å². The van der Waals surface area contributed by atoms with Crippen molar-refractivity contribution < 1.29 is 129 Å². The Morgan fingerprint density at radius 3 is 2.05 bits per heavy atom. The number of pyridine rings is 2. The first-order valence-corrected chi connectivity index (χ1v) is 12.5. The van der Waals surface area contributed by atoms with Crippen LogP contribution in [0.25, 0.3) is 27.6 Å². The van der Waals surface area contributed by atoms with Crippen LogP contribution in [-0.2, 0) is 22.5 Å². The van der Waals surface area contributed by atoms with Gasteiger partial charge in [0.25, 0.3) is 6.47 Å². The van der Waals surface area contributed by atoms with Crippen LogP contribution >= 0.6 is 11.6 Å². The Bertz CT molecular complexity index is 1650.